The number of rotatable bonds is 8. The molecule has 0 spiro atoms. The molecule has 1 N–H and O–H groups in total. The highest BCUT2D eigenvalue weighted by atomic mass is 35.5. The maximum atomic E-state index is 13.3. The number of carbonyl (C=O) groups excluding carboxylic acids is 1. The molecule has 1 aliphatic carbocycles. The molecule has 1 fully saturated rings. The predicted molar refractivity (Wildman–Crippen MR) is 133 cm³/mol. The van der Waals surface area contributed by atoms with Crippen LogP contribution in [0.5, 0.6) is 0 Å². The molecule has 2 aromatic heterocycles. The van der Waals surface area contributed by atoms with Gasteiger partial charge >= 0.3 is 0 Å². The van der Waals surface area contributed by atoms with Gasteiger partial charge in [0.05, 0.1) is 11.7 Å². The normalized spacial score (nSPS) is 18.3. The van der Waals surface area contributed by atoms with Crippen molar-refractivity contribution in [2.45, 2.75) is 57.5 Å². The van der Waals surface area contributed by atoms with Crippen molar-refractivity contribution >= 4 is 39.1 Å². The van der Waals surface area contributed by atoms with Crippen molar-refractivity contribution in [3.8, 4) is 0 Å². The molecule has 3 aromatic rings. The zero-order valence-corrected chi connectivity index (χ0v) is 20.3. The van der Waals surface area contributed by atoms with E-state index in [-0.39, 0.29) is 5.56 Å². The van der Waals surface area contributed by atoms with E-state index in [9.17, 15) is 9.59 Å². The molecule has 8 heteroatoms. The molecule has 1 unspecified atom stereocenters. The van der Waals surface area contributed by atoms with Crippen LogP contribution in [0.3, 0.4) is 0 Å². The summed E-state index contributed by atoms with van der Waals surface area (Å²) in [5.74, 6) is 0.299. The number of hydrogen-bond donors (Lipinski definition) is 1. The van der Waals surface area contributed by atoms with E-state index in [2.05, 4.69) is 10.3 Å². The van der Waals surface area contributed by atoms with E-state index in [1.165, 1.54) is 10.4 Å². The van der Waals surface area contributed by atoms with Crippen LogP contribution in [0.2, 0.25) is 5.02 Å². The SMILES string of the molecule is O=C1CCCN1CCCNC1CCc2c(sc3ncn(CCc4cccc(Cl)c4)c(=O)c23)C1. The molecule has 33 heavy (non-hydrogen) atoms. The van der Waals surface area contributed by atoms with Gasteiger partial charge < -0.3 is 10.2 Å². The lowest BCUT2D eigenvalue weighted by Gasteiger charge is -2.24. The molecule has 0 bridgehead atoms. The molecular formula is C25H29ClN4O2S. The van der Waals surface area contributed by atoms with Crippen LogP contribution >= 0.6 is 22.9 Å². The highest BCUT2D eigenvalue weighted by Crippen LogP contribution is 2.33. The average Bonchev–Trinajstić information content (AvgIpc) is 3.39. The summed E-state index contributed by atoms with van der Waals surface area (Å²) in [6.07, 6.45) is 8.01. The number of amides is 1. The minimum Gasteiger partial charge on any atom is -0.343 e. The molecule has 1 aromatic carbocycles. The Labute approximate surface area is 202 Å². The first-order valence-electron chi connectivity index (χ1n) is 11.8. The smallest absolute Gasteiger partial charge is 0.262 e. The van der Waals surface area contributed by atoms with Gasteiger partial charge in [-0.25, -0.2) is 4.98 Å². The number of halogens is 1. The van der Waals surface area contributed by atoms with Crippen LogP contribution in [0.4, 0.5) is 0 Å². The van der Waals surface area contributed by atoms with Gasteiger partial charge in [0, 0.05) is 42.0 Å². The predicted octanol–water partition coefficient (Wildman–Crippen LogP) is 3.81. The van der Waals surface area contributed by atoms with Crippen molar-refractivity contribution in [2.24, 2.45) is 0 Å². The van der Waals surface area contributed by atoms with E-state index in [4.69, 9.17) is 11.6 Å². The third kappa shape index (κ3) is 5.00. The molecule has 0 saturated carbocycles. The van der Waals surface area contributed by atoms with Gasteiger partial charge in [0.1, 0.15) is 4.83 Å². The highest BCUT2D eigenvalue weighted by Gasteiger charge is 2.25. The van der Waals surface area contributed by atoms with Gasteiger partial charge in [0.25, 0.3) is 5.56 Å². The summed E-state index contributed by atoms with van der Waals surface area (Å²) in [7, 11) is 0. The van der Waals surface area contributed by atoms with E-state index in [0.29, 0.717) is 29.9 Å². The van der Waals surface area contributed by atoms with Gasteiger partial charge in [0.2, 0.25) is 5.91 Å². The molecule has 174 valence electrons. The Bertz CT molecular complexity index is 1220. The van der Waals surface area contributed by atoms with Gasteiger partial charge in [-0.2, -0.15) is 0 Å². The minimum atomic E-state index is 0.0706. The topological polar surface area (TPSA) is 67.2 Å². The fourth-order valence-electron chi connectivity index (χ4n) is 4.99. The number of carbonyl (C=O) groups is 1. The Morgan fingerprint density at radius 2 is 2.12 bits per heavy atom. The van der Waals surface area contributed by atoms with Crippen molar-refractivity contribution in [2.75, 3.05) is 19.6 Å². The lowest BCUT2D eigenvalue weighted by atomic mass is 9.93. The molecule has 5 rings (SSSR count). The Morgan fingerprint density at radius 1 is 1.21 bits per heavy atom. The minimum absolute atomic E-state index is 0.0706. The van der Waals surface area contributed by atoms with Crippen molar-refractivity contribution < 1.29 is 4.79 Å². The fraction of sp³-hybridized carbons (Fsp3) is 0.480. The number of likely N-dealkylation sites (tertiary alicyclic amines) is 1. The van der Waals surface area contributed by atoms with E-state index >= 15 is 0 Å². The average molecular weight is 485 g/mol. The Kier molecular flexibility index (Phi) is 6.81. The Balaban J connectivity index is 1.22. The molecule has 6 nitrogen and oxygen atoms in total. The molecule has 0 radical (unpaired) electrons. The quantitative estimate of drug-likeness (QED) is 0.494. The van der Waals surface area contributed by atoms with Gasteiger partial charge in [-0.1, -0.05) is 23.7 Å². The molecule has 1 atom stereocenters. The standard InChI is InChI=1S/C25H29ClN4O2S/c26-18-5-1-4-17(14-18)9-13-30-16-28-24-23(25(30)32)20-8-7-19(15-21(20)33-24)27-10-3-12-29-11-2-6-22(29)31/h1,4-5,14,16,19,27H,2-3,6-13,15H2. The van der Waals surface area contributed by atoms with Crippen LogP contribution in [0.25, 0.3) is 10.2 Å². The van der Waals surface area contributed by atoms with Gasteiger partial charge in [-0.3, -0.25) is 14.2 Å². The lowest BCUT2D eigenvalue weighted by molar-refractivity contribution is -0.127. The van der Waals surface area contributed by atoms with Crippen LogP contribution in [-0.2, 0) is 30.6 Å². The first-order chi connectivity index (χ1) is 16.1. The van der Waals surface area contributed by atoms with Crippen LogP contribution in [0.15, 0.2) is 35.4 Å². The second-order valence-corrected chi connectivity index (χ2v) is 10.6. The molecule has 1 saturated heterocycles. The summed E-state index contributed by atoms with van der Waals surface area (Å²) in [4.78, 5) is 33.7. The summed E-state index contributed by atoms with van der Waals surface area (Å²) in [6, 6.07) is 8.20. The van der Waals surface area contributed by atoms with E-state index in [1.807, 2.05) is 29.2 Å². The molecule has 3 heterocycles. The summed E-state index contributed by atoms with van der Waals surface area (Å²) in [5, 5.41) is 5.20. The maximum absolute atomic E-state index is 13.3. The largest absolute Gasteiger partial charge is 0.343 e. The second-order valence-electron chi connectivity index (χ2n) is 9.04. The number of fused-ring (bicyclic) bond motifs is 3. The molecular weight excluding hydrogens is 456 g/mol. The summed E-state index contributed by atoms with van der Waals surface area (Å²) in [6.45, 7) is 3.28. The van der Waals surface area contributed by atoms with Crippen molar-refractivity contribution in [1.29, 1.82) is 0 Å². The summed E-state index contributed by atoms with van der Waals surface area (Å²) >= 11 is 7.76. The number of nitrogens with one attached hydrogen (secondary N) is 1. The first kappa shape index (κ1) is 22.6. The van der Waals surface area contributed by atoms with Crippen molar-refractivity contribution in [1.82, 2.24) is 19.8 Å². The molecule has 1 aliphatic heterocycles. The number of hydrogen-bond acceptors (Lipinski definition) is 5. The van der Waals surface area contributed by atoms with E-state index in [1.54, 1.807) is 22.2 Å². The zero-order valence-electron chi connectivity index (χ0n) is 18.7. The lowest BCUT2D eigenvalue weighted by Crippen LogP contribution is -2.36. The van der Waals surface area contributed by atoms with E-state index in [0.717, 1.165) is 73.9 Å². The van der Waals surface area contributed by atoms with Gasteiger partial charge in [-0.05, 0) is 68.3 Å². The number of aromatic nitrogens is 2. The highest BCUT2D eigenvalue weighted by molar-refractivity contribution is 7.18. The summed E-state index contributed by atoms with van der Waals surface area (Å²) < 4.78 is 1.74. The fourth-order valence-corrected chi connectivity index (χ4v) is 6.46. The zero-order chi connectivity index (χ0) is 22.8. The van der Waals surface area contributed by atoms with Gasteiger partial charge in [0.15, 0.2) is 0 Å². The van der Waals surface area contributed by atoms with E-state index < -0.39 is 0 Å². The van der Waals surface area contributed by atoms with Crippen molar-refractivity contribution in [3.63, 3.8) is 0 Å². The maximum Gasteiger partial charge on any atom is 0.262 e. The second kappa shape index (κ2) is 9.95. The van der Waals surface area contributed by atoms with Crippen molar-refractivity contribution in [3.05, 3.63) is 62.0 Å². The number of aryl methyl sites for hydroxylation is 3. The number of thiophene rings is 1. The number of nitrogens with zero attached hydrogens (tertiary/aromatic N) is 3. The van der Waals surface area contributed by atoms with Crippen LogP contribution in [0, 0.1) is 0 Å². The summed E-state index contributed by atoms with van der Waals surface area (Å²) in [5.41, 5.74) is 2.39. The third-order valence-electron chi connectivity index (χ3n) is 6.78. The molecule has 1 amide bonds. The van der Waals surface area contributed by atoms with Crippen LogP contribution < -0.4 is 10.9 Å². The molecule has 2 aliphatic rings. The van der Waals surface area contributed by atoms with Crippen LogP contribution in [-0.4, -0.2) is 46.0 Å². The Hall–Kier alpha value is -2.22. The number of benzene rings is 1. The monoisotopic (exact) mass is 484 g/mol. The van der Waals surface area contributed by atoms with Crippen LogP contribution in [0.1, 0.15) is 41.7 Å². The third-order valence-corrected chi connectivity index (χ3v) is 8.17. The van der Waals surface area contributed by atoms with Gasteiger partial charge in [-0.15, -0.1) is 11.3 Å². The Morgan fingerprint density at radius 3 is 2.94 bits per heavy atom. The first-order valence-corrected chi connectivity index (χ1v) is 13.0.